The summed E-state index contributed by atoms with van der Waals surface area (Å²) in [4.78, 5) is 11.1. The van der Waals surface area contributed by atoms with E-state index in [0.29, 0.717) is 12.1 Å². The van der Waals surface area contributed by atoms with Crippen LogP contribution < -0.4 is 5.32 Å². The second-order valence-corrected chi connectivity index (χ2v) is 2.08. The molecule has 0 saturated carbocycles. The number of rotatable bonds is 2. The maximum Gasteiger partial charge on any atom is 0.251 e. The predicted octanol–water partition coefficient (Wildman–Crippen LogP) is 1.04. The third-order valence-corrected chi connectivity index (χ3v) is 1.26. The zero-order chi connectivity index (χ0) is 8.10. The van der Waals surface area contributed by atoms with Crippen molar-refractivity contribution < 1.29 is 4.79 Å². The van der Waals surface area contributed by atoms with Crippen LogP contribution in [0.15, 0.2) is 18.2 Å². The summed E-state index contributed by atoms with van der Waals surface area (Å²) in [5.41, 5.74) is 0.630. The van der Waals surface area contributed by atoms with Gasteiger partial charge in [0.2, 0.25) is 0 Å². The highest BCUT2D eigenvalue weighted by molar-refractivity contribution is 5.93. The van der Waals surface area contributed by atoms with Crippen LogP contribution in [0.1, 0.15) is 17.3 Å². The summed E-state index contributed by atoms with van der Waals surface area (Å²) < 4.78 is 0. The first-order valence-electron chi connectivity index (χ1n) is 3.50. The predicted molar refractivity (Wildman–Crippen MR) is 42.1 cm³/mol. The van der Waals surface area contributed by atoms with E-state index in [1.54, 1.807) is 18.2 Å². The van der Waals surface area contributed by atoms with E-state index < -0.39 is 0 Å². The molecule has 1 aromatic rings. The van der Waals surface area contributed by atoms with Crippen molar-refractivity contribution in [3.63, 3.8) is 0 Å². The maximum absolute atomic E-state index is 11.1. The summed E-state index contributed by atoms with van der Waals surface area (Å²) in [6.45, 7) is 2.54. The van der Waals surface area contributed by atoms with Crippen molar-refractivity contribution in [2.24, 2.45) is 0 Å². The molecule has 2 radical (unpaired) electrons. The van der Waals surface area contributed by atoms with Crippen molar-refractivity contribution >= 4 is 5.91 Å². The lowest BCUT2D eigenvalue weighted by Gasteiger charge is -1.99. The van der Waals surface area contributed by atoms with Gasteiger partial charge in [0.05, 0.1) is 0 Å². The van der Waals surface area contributed by atoms with E-state index in [4.69, 9.17) is 0 Å². The van der Waals surface area contributed by atoms with Crippen LogP contribution in [0.2, 0.25) is 0 Å². The molecule has 0 aliphatic rings. The van der Waals surface area contributed by atoms with Gasteiger partial charge in [0.15, 0.2) is 0 Å². The largest absolute Gasteiger partial charge is 0.352 e. The monoisotopic (exact) mass is 147 g/mol. The van der Waals surface area contributed by atoms with E-state index in [1.807, 2.05) is 6.92 Å². The average Bonchev–Trinajstić information content (AvgIpc) is 2.07. The SMILES string of the molecule is CCNC(=O)c1c[c][c]cc1. The van der Waals surface area contributed by atoms with Crippen LogP contribution in [-0.4, -0.2) is 12.5 Å². The second-order valence-electron chi connectivity index (χ2n) is 2.08. The van der Waals surface area contributed by atoms with E-state index in [9.17, 15) is 4.79 Å². The van der Waals surface area contributed by atoms with Gasteiger partial charge in [-0.05, 0) is 31.2 Å². The minimum atomic E-state index is -0.0576. The van der Waals surface area contributed by atoms with Gasteiger partial charge in [-0.2, -0.15) is 0 Å². The maximum atomic E-state index is 11.1. The molecule has 0 bridgehead atoms. The highest BCUT2D eigenvalue weighted by Gasteiger charge is 2.00. The highest BCUT2D eigenvalue weighted by Crippen LogP contribution is 1.95. The van der Waals surface area contributed by atoms with E-state index in [0.717, 1.165) is 0 Å². The van der Waals surface area contributed by atoms with Crippen molar-refractivity contribution in [3.8, 4) is 0 Å². The Morgan fingerprint density at radius 2 is 2.45 bits per heavy atom. The van der Waals surface area contributed by atoms with Crippen molar-refractivity contribution in [3.05, 3.63) is 35.9 Å². The van der Waals surface area contributed by atoms with Gasteiger partial charge < -0.3 is 5.32 Å². The van der Waals surface area contributed by atoms with Gasteiger partial charge in [-0.25, -0.2) is 0 Å². The number of nitrogens with one attached hydrogen (secondary N) is 1. The van der Waals surface area contributed by atoms with Crippen LogP contribution in [0.4, 0.5) is 0 Å². The average molecular weight is 147 g/mol. The Labute approximate surface area is 66.2 Å². The molecule has 11 heavy (non-hydrogen) atoms. The minimum absolute atomic E-state index is 0.0576. The van der Waals surface area contributed by atoms with Crippen LogP contribution in [0.3, 0.4) is 0 Å². The number of hydrogen-bond donors (Lipinski definition) is 1. The topological polar surface area (TPSA) is 29.1 Å². The Hall–Kier alpha value is -1.31. The molecule has 0 heterocycles. The standard InChI is InChI=1S/C9H9NO/c1-2-10-9(11)8-6-4-3-5-7-8/h4,6-7H,2H2,1H3,(H,10,11). The van der Waals surface area contributed by atoms with Crippen LogP contribution in [0.5, 0.6) is 0 Å². The van der Waals surface area contributed by atoms with Crippen LogP contribution in [-0.2, 0) is 0 Å². The molecule has 2 nitrogen and oxygen atoms in total. The zero-order valence-electron chi connectivity index (χ0n) is 6.35. The normalized spacial score (nSPS) is 9.18. The molecule has 56 valence electrons. The number of carbonyl (C=O) groups excluding carboxylic acids is 1. The lowest BCUT2D eigenvalue weighted by Crippen LogP contribution is -2.22. The van der Waals surface area contributed by atoms with Gasteiger partial charge in [-0.15, -0.1) is 0 Å². The molecule has 0 spiro atoms. The molecule has 1 rings (SSSR count). The first-order chi connectivity index (χ1) is 5.34. The van der Waals surface area contributed by atoms with Crippen molar-refractivity contribution in [2.75, 3.05) is 6.54 Å². The summed E-state index contributed by atoms with van der Waals surface area (Å²) in [7, 11) is 0. The summed E-state index contributed by atoms with van der Waals surface area (Å²) in [5.74, 6) is -0.0576. The minimum Gasteiger partial charge on any atom is -0.352 e. The van der Waals surface area contributed by atoms with E-state index in [1.165, 1.54) is 0 Å². The first kappa shape index (κ1) is 7.79. The molecule has 2 heteroatoms. The summed E-state index contributed by atoms with van der Waals surface area (Å²) in [6, 6.07) is 10.4. The lowest BCUT2D eigenvalue weighted by atomic mass is 10.2. The smallest absolute Gasteiger partial charge is 0.251 e. The number of benzene rings is 1. The number of hydrogen-bond acceptors (Lipinski definition) is 1. The van der Waals surface area contributed by atoms with E-state index in [-0.39, 0.29) is 5.91 Å². The van der Waals surface area contributed by atoms with Crippen molar-refractivity contribution in [2.45, 2.75) is 6.92 Å². The molecule has 0 fully saturated rings. The molecule has 0 atom stereocenters. The lowest BCUT2D eigenvalue weighted by molar-refractivity contribution is 0.0956. The molecule has 0 unspecified atom stereocenters. The van der Waals surface area contributed by atoms with Gasteiger partial charge in [-0.3, -0.25) is 4.79 Å². The molecule has 0 aliphatic heterocycles. The van der Waals surface area contributed by atoms with Crippen LogP contribution in [0, 0.1) is 12.1 Å². The fraction of sp³-hybridized carbons (Fsp3) is 0.222. The second kappa shape index (κ2) is 3.76. The Balaban J connectivity index is 2.69. The molecule has 0 aliphatic carbocycles. The fourth-order valence-corrected chi connectivity index (χ4v) is 0.751. The third-order valence-electron chi connectivity index (χ3n) is 1.26. The quantitative estimate of drug-likeness (QED) is 0.665. The van der Waals surface area contributed by atoms with Crippen molar-refractivity contribution in [1.29, 1.82) is 0 Å². The Kier molecular flexibility index (Phi) is 2.66. The van der Waals surface area contributed by atoms with Gasteiger partial charge in [-0.1, -0.05) is 6.07 Å². The summed E-state index contributed by atoms with van der Waals surface area (Å²) >= 11 is 0. The Morgan fingerprint density at radius 1 is 1.64 bits per heavy atom. The van der Waals surface area contributed by atoms with Gasteiger partial charge in [0.25, 0.3) is 5.91 Å². The first-order valence-corrected chi connectivity index (χ1v) is 3.50. The third kappa shape index (κ3) is 2.08. The van der Waals surface area contributed by atoms with Gasteiger partial charge in [0, 0.05) is 12.1 Å². The van der Waals surface area contributed by atoms with E-state index in [2.05, 4.69) is 17.4 Å². The molecule has 1 aromatic carbocycles. The molecule has 1 amide bonds. The zero-order valence-corrected chi connectivity index (χ0v) is 6.35. The van der Waals surface area contributed by atoms with Crippen molar-refractivity contribution in [1.82, 2.24) is 5.32 Å². The number of carbonyl (C=O) groups is 1. The Bertz CT molecular complexity index is 231. The van der Waals surface area contributed by atoms with Gasteiger partial charge >= 0.3 is 0 Å². The molecule has 1 N–H and O–H groups in total. The fourth-order valence-electron chi connectivity index (χ4n) is 0.751. The van der Waals surface area contributed by atoms with Crippen LogP contribution in [0.25, 0.3) is 0 Å². The highest BCUT2D eigenvalue weighted by atomic mass is 16.1. The Morgan fingerprint density at radius 3 is 3.00 bits per heavy atom. The summed E-state index contributed by atoms with van der Waals surface area (Å²) in [5, 5.41) is 2.69. The molecule has 0 aromatic heterocycles. The molecular weight excluding hydrogens is 138 g/mol. The molecular formula is C9H9NO. The van der Waals surface area contributed by atoms with E-state index >= 15 is 0 Å². The van der Waals surface area contributed by atoms with Gasteiger partial charge in [0.1, 0.15) is 0 Å². The molecule has 0 saturated heterocycles. The number of amides is 1. The van der Waals surface area contributed by atoms with Crippen LogP contribution >= 0.6 is 0 Å². The summed E-state index contributed by atoms with van der Waals surface area (Å²) in [6.07, 6.45) is 0.